The molecule has 4 rings (SSSR count). The van der Waals surface area contributed by atoms with Crippen molar-refractivity contribution in [3.05, 3.63) is 94.8 Å². The van der Waals surface area contributed by atoms with Crippen LogP contribution in [-0.2, 0) is 11.2 Å². The second-order valence-corrected chi connectivity index (χ2v) is 7.02. The fraction of sp³-hybridized carbons (Fsp3) is 0.120. The molecular weight excluding hydrogens is 420 g/mol. The van der Waals surface area contributed by atoms with Crippen molar-refractivity contribution in [3.8, 4) is 23.2 Å². The smallest absolute Gasteiger partial charge is 0.195 e. The molecule has 0 aliphatic heterocycles. The highest BCUT2D eigenvalue weighted by molar-refractivity contribution is 5.84. The monoisotopic (exact) mass is 436 g/mol. The Balaban J connectivity index is 1.58. The highest BCUT2D eigenvalue weighted by Gasteiger charge is 2.13. The lowest BCUT2D eigenvalue weighted by Crippen LogP contribution is -1.98. The van der Waals surface area contributed by atoms with E-state index in [1.54, 1.807) is 25.6 Å². The van der Waals surface area contributed by atoms with E-state index in [-0.39, 0.29) is 16.3 Å². The van der Waals surface area contributed by atoms with Crippen molar-refractivity contribution in [3.63, 3.8) is 0 Å². The lowest BCUT2D eigenvalue weighted by atomic mass is 10.1. The van der Waals surface area contributed by atoms with Crippen LogP contribution in [0.15, 0.2) is 54.9 Å². The standard InChI is InChI=1S/C25H16F4N2O/c1-32-9-8-16-13-30-25(31-14-16)18-6-5-17(21(26)11-18)4-2-15-3-7-20-19(10-15)12-22(27)24(29)23(20)28/h3,5-7,10-14H,8-9H2,1H3. The summed E-state index contributed by atoms with van der Waals surface area (Å²) in [6.07, 6.45) is 4.02. The van der Waals surface area contributed by atoms with Gasteiger partial charge in [0.05, 0.1) is 12.2 Å². The average Bonchev–Trinajstić information content (AvgIpc) is 2.80. The molecule has 0 saturated carbocycles. The second-order valence-electron chi connectivity index (χ2n) is 7.02. The molecule has 0 atom stereocenters. The van der Waals surface area contributed by atoms with Gasteiger partial charge in [0.15, 0.2) is 23.3 Å². The third-order valence-corrected chi connectivity index (χ3v) is 4.84. The number of hydrogen-bond acceptors (Lipinski definition) is 3. The van der Waals surface area contributed by atoms with Gasteiger partial charge in [0.25, 0.3) is 0 Å². The zero-order chi connectivity index (χ0) is 22.7. The molecule has 0 amide bonds. The van der Waals surface area contributed by atoms with Gasteiger partial charge in [0, 0.05) is 36.0 Å². The largest absolute Gasteiger partial charge is 0.384 e. The lowest BCUT2D eigenvalue weighted by molar-refractivity contribution is 0.202. The molecule has 4 aromatic rings. The molecule has 3 aromatic carbocycles. The van der Waals surface area contributed by atoms with Gasteiger partial charge in [0.2, 0.25) is 0 Å². The maximum Gasteiger partial charge on any atom is 0.195 e. The SMILES string of the molecule is COCCc1cnc(-c2ccc(C#Cc3ccc4c(F)c(F)c(F)cc4c3)c(F)c2)nc1. The van der Waals surface area contributed by atoms with E-state index in [0.717, 1.165) is 11.6 Å². The van der Waals surface area contributed by atoms with Crippen molar-refractivity contribution >= 4 is 10.8 Å². The zero-order valence-electron chi connectivity index (χ0n) is 16.9. The van der Waals surface area contributed by atoms with Crippen molar-refractivity contribution in [2.24, 2.45) is 0 Å². The third kappa shape index (κ3) is 4.46. The first-order valence-electron chi connectivity index (χ1n) is 9.65. The quantitative estimate of drug-likeness (QED) is 0.243. The number of benzene rings is 3. The van der Waals surface area contributed by atoms with Gasteiger partial charge >= 0.3 is 0 Å². The number of aromatic nitrogens is 2. The Labute approximate surface area is 181 Å². The van der Waals surface area contributed by atoms with Crippen LogP contribution in [-0.4, -0.2) is 23.7 Å². The maximum atomic E-state index is 14.6. The number of methoxy groups -OCH3 is 1. The molecule has 0 bridgehead atoms. The minimum absolute atomic E-state index is 0.0572. The number of rotatable bonds is 4. The summed E-state index contributed by atoms with van der Waals surface area (Å²) in [5, 5.41) is 0.105. The maximum absolute atomic E-state index is 14.6. The highest BCUT2D eigenvalue weighted by Crippen LogP contribution is 2.24. The van der Waals surface area contributed by atoms with Crippen LogP contribution in [0, 0.1) is 35.1 Å². The van der Waals surface area contributed by atoms with Crippen LogP contribution in [0.5, 0.6) is 0 Å². The number of hydrogen-bond donors (Lipinski definition) is 0. The molecule has 0 saturated heterocycles. The molecule has 0 N–H and O–H groups in total. The lowest BCUT2D eigenvalue weighted by Gasteiger charge is -2.04. The molecule has 1 aromatic heterocycles. The van der Waals surface area contributed by atoms with E-state index in [2.05, 4.69) is 21.8 Å². The first-order valence-corrected chi connectivity index (χ1v) is 9.65. The highest BCUT2D eigenvalue weighted by atomic mass is 19.2. The molecule has 0 radical (unpaired) electrons. The molecule has 0 spiro atoms. The average molecular weight is 436 g/mol. The topological polar surface area (TPSA) is 35.0 Å². The summed E-state index contributed by atoms with van der Waals surface area (Å²) in [5.74, 6) is 1.24. The zero-order valence-corrected chi connectivity index (χ0v) is 16.9. The normalized spacial score (nSPS) is 10.8. The number of fused-ring (bicyclic) bond motifs is 1. The van der Waals surface area contributed by atoms with Gasteiger partial charge in [-0.1, -0.05) is 17.9 Å². The molecule has 0 unspecified atom stereocenters. The van der Waals surface area contributed by atoms with Gasteiger partial charge in [-0.2, -0.15) is 0 Å². The van der Waals surface area contributed by atoms with Gasteiger partial charge < -0.3 is 4.74 Å². The van der Waals surface area contributed by atoms with Gasteiger partial charge in [-0.25, -0.2) is 27.5 Å². The molecule has 32 heavy (non-hydrogen) atoms. The summed E-state index contributed by atoms with van der Waals surface area (Å²) in [6, 6.07) is 9.54. The predicted octanol–water partition coefficient (Wildman–Crippen LogP) is 5.44. The summed E-state index contributed by atoms with van der Waals surface area (Å²) in [5.41, 5.74) is 1.96. The van der Waals surface area contributed by atoms with Crippen LogP contribution in [0.2, 0.25) is 0 Å². The van der Waals surface area contributed by atoms with E-state index in [0.29, 0.717) is 30.0 Å². The molecule has 0 aliphatic carbocycles. The Hall–Kier alpha value is -3.76. The van der Waals surface area contributed by atoms with Crippen molar-refractivity contribution < 1.29 is 22.3 Å². The van der Waals surface area contributed by atoms with E-state index in [1.807, 2.05) is 0 Å². The van der Waals surface area contributed by atoms with Gasteiger partial charge in [-0.3, -0.25) is 0 Å². The molecule has 3 nitrogen and oxygen atoms in total. The van der Waals surface area contributed by atoms with Crippen LogP contribution in [0.3, 0.4) is 0 Å². The van der Waals surface area contributed by atoms with Crippen LogP contribution >= 0.6 is 0 Å². The summed E-state index contributed by atoms with van der Waals surface area (Å²) < 4.78 is 60.3. The van der Waals surface area contributed by atoms with Crippen molar-refractivity contribution in [1.82, 2.24) is 9.97 Å². The van der Waals surface area contributed by atoms with Gasteiger partial charge in [-0.15, -0.1) is 0 Å². The van der Waals surface area contributed by atoms with Crippen LogP contribution in [0.1, 0.15) is 16.7 Å². The first-order chi connectivity index (χ1) is 15.5. The molecule has 7 heteroatoms. The Kier molecular flexibility index (Phi) is 6.15. The minimum atomic E-state index is -1.52. The summed E-state index contributed by atoms with van der Waals surface area (Å²) in [4.78, 5) is 8.52. The summed E-state index contributed by atoms with van der Waals surface area (Å²) in [7, 11) is 1.61. The molecule has 0 aliphatic rings. The van der Waals surface area contributed by atoms with E-state index in [4.69, 9.17) is 4.74 Å². The van der Waals surface area contributed by atoms with Crippen LogP contribution in [0.25, 0.3) is 22.2 Å². The van der Waals surface area contributed by atoms with E-state index >= 15 is 0 Å². The number of halogens is 4. The van der Waals surface area contributed by atoms with E-state index < -0.39 is 23.3 Å². The van der Waals surface area contributed by atoms with Gasteiger partial charge in [-0.05, 0) is 53.8 Å². The number of nitrogens with zero attached hydrogens (tertiary/aromatic N) is 2. The Morgan fingerprint density at radius 1 is 0.844 bits per heavy atom. The van der Waals surface area contributed by atoms with Crippen LogP contribution in [0.4, 0.5) is 17.6 Å². The first kappa shape index (κ1) is 21.5. The minimum Gasteiger partial charge on any atom is -0.384 e. The fourth-order valence-electron chi connectivity index (χ4n) is 3.13. The fourth-order valence-corrected chi connectivity index (χ4v) is 3.13. The Morgan fingerprint density at radius 3 is 2.34 bits per heavy atom. The Bertz CT molecular complexity index is 1360. The van der Waals surface area contributed by atoms with E-state index in [1.165, 1.54) is 30.3 Å². The van der Waals surface area contributed by atoms with Crippen molar-refractivity contribution in [1.29, 1.82) is 0 Å². The molecular formula is C25H16F4N2O. The predicted molar refractivity (Wildman–Crippen MR) is 113 cm³/mol. The second kappa shape index (κ2) is 9.16. The van der Waals surface area contributed by atoms with Gasteiger partial charge in [0.1, 0.15) is 5.82 Å². The molecule has 1 heterocycles. The van der Waals surface area contributed by atoms with E-state index in [9.17, 15) is 17.6 Å². The Morgan fingerprint density at radius 2 is 1.62 bits per heavy atom. The number of ether oxygens (including phenoxy) is 1. The van der Waals surface area contributed by atoms with Crippen molar-refractivity contribution in [2.75, 3.05) is 13.7 Å². The summed E-state index contributed by atoms with van der Waals surface area (Å²) >= 11 is 0. The molecule has 160 valence electrons. The van der Waals surface area contributed by atoms with Crippen molar-refractivity contribution in [2.45, 2.75) is 6.42 Å². The van der Waals surface area contributed by atoms with Crippen LogP contribution < -0.4 is 0 Å². The summed E-state index contributed by atoms with van der Waals surface area (Å²) in [6.45, 7) is 0.558. The molecule has 0 fully saturated rings. The third-order valence-electron chi connectivity index (χ3n) is 4.84.